The van der Waals surface area contributed by atoms with E-state index in [-0.39, 0.29) is 12.8 Å². The number of aliphatic carboxylic acids is 1. The summed E-state index contributed by atoms with van der Waals surface area (Å²) in [5.74, 6) is -2.59. The van der Waals surface area contributed by atoms with Gasteiger partial charge in [-0.05, 0) is 44.9 Å². The van der Waals surface area contributed by atoms with E-state index in [1.165, 1.54) is 51.4 Å². The molecule has 0 spiro atoms. The normalized spacial score (nSPS) is 15.1. The average molecular weight is 810 g/mol. The van der Waals surface area contributed by atoms with Gasteiger partial charge < -0.3 is 30.3 Å². The number of carbonyl (C=O) groups excluding carboxylic acids is 2. The van der Waals surface area contributed by atoms with Gasteiger partial charge in [0.2, 0.25) is 0 Å². The number of aliphatic hydroxyl groups excluding tert-OH is 1. The highest BCUT2D eigenvalue weighted by Gasteiger charge is 2.28. The summed E-state index contributed by atoms with van der Waals surface area (Å²) in [5, 5.41) is 19.0. The van der Waals surface area contributed by atoms with Gasteiger partial charge in [-0.1, -0.05) is 157 Å². The van der Waals surface area contributed by atoms with E-state index in [9.17, 15) is 28.9 Å². The molecule has 4 atom stereocenters. The molecule has 320 valence electrons. The highest BCUT2D eigenvalue weighted by Crippen LogP contribution is 2.43. The Morgan fingerprint density at radius 3 is 1.80 bits per heavy atom. The number of nitrogens with two attached hydrogens (primary N) is 1. The number of carboxylic acids is 1. The van der Waals surface area contributed by atoms with E-state index in [1.807, 2.05) is 12.2 Å². The van der Waals surface area contributed by atoms with Crippen molar-refractivity contribution in [3.63, 3.8) is 0 Å². The minimum atomic E-state index is -4.75. The number of carbonyl (C=O) groups is 3. The third-order valence-electron chi connectivity index (χ3n) is 8.31. The molecule has 0 bridgehead atoms. The number of allylic oxidation sites excluding steroid dienone is 10. The minimum Gasteiger partial charge on any atom is -0.480 e. The zero-order chi connectivity index (χ0) is 41.5. The third-order valence-corrected chi connectivity index (χ3v) is 9.26. The molecule has 0 radical (unpaired) electrons. The second-order valence-corrected chi connectivity index (χ2v) is 15.0. The van der Waals surface area contributed by atoms with Crippen LogP contribution < -0.4 is 5.73 Å². The second-order valence-electron chi connectivity index (χ2n) is 13.6. The minimum absolute atomic E-state index is 0.0133. The lowest BCUT2D eigenvalue weighted by molar-refractivity contribution is -0.161. The predicted molar refractivity (Wildman–Crippen MR) is 223 cm³/mol. The molecule has 0 rings (SSSR count). The van der Waals surface area contributed by atoms with E-state index in [4.69, 9.17) is 24.8 Å². The molecule has 0 aliphatic rings. The Labute approximate surface area is 336 Å². The number of rotatable bonds is 37. The van der Waals surface area contributed by atoms with E-state index < -0.39 is 63.8 Å². The highest BCUT2D eigenvalue weighted by molar-refractivity contribution is 7.47. The van der Waals surface area contributed by atoms with Crippen molar-refractivity contribution in [1.29, 1.82) is 0 Å². The molecule has 0 heterocycles. The number of phosphoric ester groups is 1. The second kappa shape index (κ2) is 37.5. The molecule has 0 aromatic carbocycles. The number of esters is 2. The van der Waals surface area contributed by atoms with Gasteiger partial charge >= 0.3 is 25.7 Å². The Morgan fingerprint density at radius 1 is 0.661 bits per heavy atom. The summed E-state index contributed by atoms with van der Waals surface area (Å²) >= 11 is 0. The molecule has 0 aromatic rings. The molecule has 0 fully saturated rings. The summed E-state index contributed by atoms with van der Waals surface area (Å²) in [6, 6.07) is -1.55. The van der Waals surface area contributed by atoms with Crippen molar-refractivity contribution < 1.29 is 52.6 Å². The smallest absolute Gasteiger partial charge is 0.472 e. The quantitative estimate of drug-likeness (QED) is 0.0153. The van der Waals surface area contributed by atoms with E-state index in [0.717, 1.165) is 44.9 Å². The molecule has 0 saturated carbocycles. The number of phosphoric acid groups is 1. The standard InChI is InChI=1S/C43H72NO11P/c1-3-5-7-9-11-13-15-17-18-20-22-24-27-31-38(45)32-28-26-30-33-41(46)52-35-39(36-53-56(50,51)54-37-40(44)43(48)49)55-42(47)34-29-25-23-21-19-16-14-12-10-8-6-4-2/h5,7,11,13,17-18,22,24,26-28,31,38-40,45H,3-4,6,8-10,12,14-16,19-21,23,25,29-30,32-37,44H2,1-2H3,(H,48,49)(H,50,51)/b7-5-,13-11-,18-17-,24-22-,28-26-,31-27-/t38?,39-,40+/m1/s1. The first-order valence-corrected chi connectivity index (χ1v) is 22.1. The van der Waals surface area contributed by atoms with E-state index in [1.54, 1.807) is 24.3 Å². The fourth-order valence-corrected chi connectivity index (χ4v) is 5.83. The maximum atomic E-state index is 12.6. The largest absolute Gasteiger partial charge is 0.480 e. The Balaban J connectivity index is 4.61. The number of carboxylic acid groups (broad SMARTS) is 1. The van der Waals surface area contributed by atoms with Gasteiger partial charge in [0.1, 0.15) is 12.6 Å². The first-order chi connectivity index (χ1) is 27.0. The number of aliphatic hydroxyl groups is 1. The van der Waals surface area contributed by atoms with Crippen LogP contribution in [0.1, 0.15) is 142 Å². The van der Waals surface area contributed by atoms with Gasteiger partial charge in [-0.3, -0.25) is 23.4 Å². The number of hydrogen-bond donors (Lipinski definition) is 4. The maximum Gasteiger partial charge on any atom is 0.472 e. The van der Waals surface area contributed by atoms with Crippen molar-refractivity contribution in [3.8, 4) is 0 Å². The van der Waals surface area contributed by atoms with Crippen molar-refractivity contribution in [3.05, 3.63) is 72.9 Å². The van der Waals surface area contributed by atoms with Crippen molar-refractivity contribution in [2.24, 2.45) is 5.73 Å². The summed E-state index contributed by atoms with van der Waals surface area (Å²) in [7, 11) is -4.75. The fourth-order valence-electron chi connectivity index (χ4n) is 5.06. The monoisotopic (exact) mass is 809 g/mol. The van der Waals surface area contributed by atoms with Crippen LogP contribution in [0, 0.1) is 0 Å². The molecule has 2 unspecified atom stereocenters. The van der Waals surface area contributed by atoms with Crippen LogP contribution in [-0.2, 0) is 37.5 Å². The topological polar surface area (TPSA) is 192 Å². The lowest BCUT2D eigenvalue weighted by atomic mass is 10.0. The molecule has 0 aliphatic carbocycles. The zero-order valence-electron chi connectivity index (χ0n) is 34.1. The molecule has 0 saturated heterocycles. The first-order valence-electron chi connectivity index (χ1n) is 20.6. The summed E-state index contributed by atoms with van der Waals surface area (Å²) in [5.41, 5.74) is 5.31. The van der Waals surface area contributed by atoms with Crippen molar-refractivity contribution >= 4 is 25.7 Å². The van der Waals surface area contributed by atoms with Gasteiger partial charge in [-0.15, -0.1) is 0 Å². The fraction of sp³-hybridized carbons (Fsp3) is 0.651. The highest BCUT2D eigenvalue weighted by atomic mass is 31.2. The molecule has 56 heavy (non-hydrogen) atoms. The average Bonchev–Trinajstić information content (AvgIpc) is 3.17. The van der Waals surface area contributed by atoms with Crippen molar-refractivity contribution in [2.75, 3.05) is 19.8 Å². The lowest BCUT2D eigenvalue weighted by Gasteiger charge is -2.20. The predicted octanol–water partition coefficient (Wildman–Crippen LogP) is 9.53. The Hall–Kier alpha value is -3.12. The molecule has 12 nitrogen and oxygen atoms in total. The van der Waals surface area contributed by atoms with Gasteiger partial charge in [0, 0.05) is 12.8 Å². The molecule has 0 aromatic heterocycles. The maximum absolute atomic E-state index is 12.6. The van der Waals surface area contributed by atoms with Crippen LogP contribution in [0.15, 0.2) is 72.9 Å². The van der Waals surface area contributed by atoms with Gasteiger partial charge in [0.25, 0.3) is 0 Å². The molecular formula is C43H72NO11P. The van der Waals surface area contributed by atoms with Crippen molar-refractivity contribution in [2.45, 2.75) is 161 Å². The molecule has 13 heteroatoms. The van der Waals surface area contributed by atoms with Gasteiger partial charge in [-0.25, -0.2) is 4.57 Å². The molecule has 0 amide bonds. The first kappa shape index (κ1) is 52.9. The Kier molecular flexibility index (Phi) is 35.4. The molecular weight excluding hydrogens is 737 g/mol. The number of hydrogen-bond acceptors (Lipinski definition) is 10. The Morgan fingerprint density at radius 2 is 1.21 bits per heavy atom. The summed E-state index contributed by atoms with van der Waals surface area (Å²) < 4.78 is 32.5. The van der Waals surface area contributed by atoms with Gasteiger partial charge in [0.05, 0.1) is 19.3 Å². The van der Waals surface area contributed by atoms with Crippen LogP contribution in [-0.4, -0.2) is 71.1 Å². The van der Waals surface area contributed by atoms with Crippen LogP contribution in [0.2, 0.25) is 0 Å². The SMILES string of the molecule is CC/C=C\C/C=C\C/C=C\C/C=C\C=C/C(O)C/C=C\CCC(=O)OC[C@H](COP(=O)(O)OC[C@H](N)C(=O)O)OC(=O)CCCCCCCCCCCCCC. The van der Waals surface area contributed by atoms with E-state index in [2.05, 4.69) is 54.8 Å². The van der Waals surface area contributed by atoms with E-state index in [0.29, 0.717) is 19.3 Å². The van der Waals surface area contributed by atoms with Crippen LogP contribution in [0.4, 0.5) is 0 Å². The lowest BCUT2D eigenvalue weighted by Crippen LogP contribution is -2.34. The van der Waals surface area contributed by atoms with Crippen LogP contribution in [0.3, 0.4) is 0 Å². The van der Waals surface area contributed by atoms with Crippen LogP contribution >= 0.6 is 7.82 Å². The number of unbranched alkanes of at least 4 members (excludes halogenated alkanes) is 11. The zero-order valence-corrected chi connectivity index (χ0v) is 35.0. The molecule has 5 N–H and O–H groups in total. The summed E-state index contributed by atoms with van der Waals surface area (Å²) in [4.78, 5) is 45.8. The van der Waals surface area contributed by atoms with Crippen LogP contribution in [0.5, 0.6) is 0 Å². The van der Waals surface area contributed by atoms with Crippen molar-refractivity contribution in [1.82, 2.24) is 0 Å². The summed E-state index contributed by atoms with van der Waals surface area (Å²) in [6.45, 7) is 2.48. The number of ether oxygens (including phenoxy) is 2. The summed E-state index contributed by atoms with van der Waals surface area (Å²) in [6.07, 6.45) is 40.1. The molecule has 0 aliphatic heterocycles. The van der Waals surface area contributed by atoms with E-state index >= 15 is 0 Å². The van der Waals surface area contributed by atoms with Gasteiger partial charge in [0.15, 0.2) is 6.10 Å². The Bertz CT molecular complexity index is 1240. The van der Waals surface area contributed by atoms with Gasteiger partial charge in [-0.2, -0.15) is 0 Å². The van der Waals surface area contributed by atoms with Crippen LogP contribution in [0.25, 0.3) is 0 Å². The third kappa shape index (κ3) is 36.5.